The fourth-order valence-electron chi connectivity index (χ4n) is 3.24. The summed E-state index contributed by atoms with van der Waals surface area (Å²) in [6.45, 7) is 9.13. The number of hydrogen-bond donors (Lipinski definition) is 1. The van der Waals surface area contributed by atoms with Crippen LogP contribution < -0.4 is 0 Å². The highest BCUT2D eigenvalue weighted by atomic mass is 35.5. The van der Waals surface area contributed by atoms with Gasteiger partial charge in [0.25, 0.3) is 0 Å². The standard InChI is InChI=1S/C22H27ClO4/c1-6-13(2)9-14(3)7-8-16-11-17-18(12-27-16)19(10-15(4)24)22(5,26)21(25)20(17)23/h7-9,11-13,19,26H,6,10H2,1-5H3/b8-7+,14-9?/t13-,19+,22+/m0/s1. The maximum atomic E-state index is 12.5. The Bertz CT molecular complexity index is 793. The molecule has 0 unspecified atom stereocenters. The van der Waals surface area contributed by atoms with E-state index >= 15 is 0 Å². The lowest BCUT2D eigenvalue weighted by Crippen LogP contribution is -2.48. The van der Waals surface area contributed by atoms with Crippen LogP contribution in [0.5, 0.6) is 0 Å². The highest BCUT2D eigenvalue weighted by Gasteiger charge is 2.48. The van der Waals surface area contributed by atoms with Crippen LogP contribution in [0, 0.1) is 11.8 Å². The van der Waals surface area contributed by atoms with Crippen molar-refractivity contribution in [3.05, 3.63) is 58.1 Å². The molecule has 1 N–H and O–H groups in total. The zero-order valence-corrected chi connectivity index (χ0v) is 17.3. The Kier molecular flexibility index (Phi) is 6.66. The molecule has 1 aliphatic heterocycles. The van der Waals surface area contributed by atoms with E-state index in [2.05, 4.69) is 19.9 Å². The van der Waals surface area contributed by atoms with Gasteiger partial charge in [-0.25, -0.2) is 0 Å². The van der Waals surface area contributed by atoms with Crippen LogP contribution in [-0.4, -0.2) is 22.3 Å². The lowest BCUT2D eigenvalue weighted by Gasteiger charge is -2.38. The van der Waals surface area contributed by atoms with Gasteiger partial charge in [-0.2, -0.15) is 0 Å². The van der Waals surface area contributed by atoms with E-state index in [0.29, 0.717) is 22.8 Å². The Labute approximate surface area is 165 Å². The molecule has 0 spiro atoms. The van der Waals surface area contributed by atoms with E-state index in [1.807, 2.05) is 19.1 Å². The topological polar surface area (TPSA) is 63.6 Å². The summed E-state index contributed by atoms with van der Waals surface area (Å²) in [4.78, 5) is 24.2. The summed E-state index contributed by atoms with van der Waals surface area (Å²) in [5, 5.41) is 10.6. The molecule has 1 heterocycles. The number of aliphatic hydroxyl groups is 1. The van der Waals surface area contributed by atoms with Crippen molar-refractivity contribution >= 4 is 23.2 Å². The van der Waals surface area contributed by atoms with Gasteiger partial charge in [0.05, 0.1) is 11.3 Å². The Morgan fingerprint density at radius 3 is 2.70 bits per heavy atom. The Morgan fingerprint density at radius 2 is 2.11 bits per heavy atom. The number of carbonyl (C=O) groups is 2. The molecular weight excluding hydrogens is 364 g/mol. The fourth-order valence-corrected chi connectivity index (χ4v) is 3.59. The lowest BCUT2D eigenvalue weighted by molar-refractivity contribution is -0.137. The van der Waals surface area contributed by atoms with E-state index in [1.165, 1.54) is 20.1 Å². The number of allylic oxidation sites excluding steroid dienone is 6. The summed E-state index contributed by atoms with van der Waals surface area (Å²) in [5.74, 6) is -0.345. The second-order valence-corrected chi connectivity index (χ2v) is 7.91. The van der Waals surface area contributed by atoms with Gasteiger partial charge in [0.1, 0.15) is 17.1 Å². The first-order valence-electron chi connectivity index (χ1n) is 9.19. The first-order chi connectivity index (χ1) is 12.6. The third-order valence-corrected chi connectivity index (χ3v) is 5.44. The number of halogens is 1. The van der Waals surface area contributed by atoms with Crippen molar-refractivity contribution in [2.24, 2.45) is 11.8 Å². The van der Waals surface area contributed by atoms with Crippen molar-refractivity contribution in [2.45, 2.75) is 53.1 Å². The molecule has 0 fully saturated rings. The molecule has 4 nitrogen and oxygen atoms in total. The molecule has 0 aromatic carbocycles. The molecule has 2 aliphatic rings. The smallest absolute Gasteiger partial charge is 0.206 e. The van der Waals surface area contributed by atoms with Crippen LogP contribution >= 0.6 is 11.6 Å². The number of ketones is 2. The summed E-state index contributed by atoms with van der Waals surface area (Å²) < 4.78 is 5.68. The van der Waals surface area contributed by atoms with E-state index in [1.54, 1.807) is 6.08 Å². The molecule has 0 radical (unpaired) electrons. The van der Waals surface area contributed by atoms with Gasteiger partial charge in [-0.15, -0.1) is 0 Å². The summed E-state index contributed by atoms with van der Waals surface area (Å²) in [7, 11) is 0. The molecule has 27 heavy (non-hydrogen) atoms. The largest absolute Gasteiger partial charge is 0.465 e. The quantitative estimate of drug-likeness (QED) is 0.664. The predicted octanol–water partition coefficient (Wildman–Crippen LogP) is 4.75. The average Bonchev–Trinajstić information content (AvgIpc) is 2.61. The van der Waals surface area contributed by atoms with Crippen molar-refractivity contribution in [1.29, 1.82) is 0 Å². The van der Waals surface area contributed by atoms with Crippen molar-refractivity contribution in [2.75, 3.05) is 0 Å². The van der Waals surface area contributed by atoms with E-state index in [4.69, 9.17) is 16.3 Å². The van der Waals surface area contributed by atoms with Crippen molar-refractivity contribution in [1.82, 2.24) is 0 Å². The summed E-state index contributed by atoms with van der Waals surface area (Å²) in [6, 6.07) is 0. The highest BCUT2D eigenvalue weighted by molar-refractivity contribution is 6.45. The zero-order chi connectivity index (χ0) is 20.4. The monoisotopic (exact) mass is 390 g/mol. The van der Waals surface area contributed by atoms with Gasteiger partial charge in [0.15, 0.2) is 0 Å². The second-order valence-electron chi connectivity index (χ2n) is 7.53. The molecule has 2 rings (SSSR count). The molecule has 0 saturated carbocycles. The van der Waals surface area contributed by atoms with Crippen LogP contribution in [0.4, 0.5) is 0 Å². The summed E-state index contributed by atoms with van der Waals surface area (Å²) in [5.41, 5.74) is 0.455. The zero-order valence-electron chi connectivity index (χ0n) is 16.5. The fraction of sp³-hybridized carbons (Fsp3) is 0.455. The van der Waals surface area contributed by atoms with Gasteiger partial charge in [-0.05, 0) is 38.8 Å². The number of fused-ring (bicyclic) bond motifs is 1. The predicted molar refractivity (Wildman–Crippen MR) is 107 cm³/mol. The third-order valence-electron chi connectivity index (χ3n) is 5.06. The van der Waals surface area contributed by atoms with Crippen molar-refractivity contribution in [3.63, 3.8) is 0 Å². The molecule has 3 atom stereocenters. The number of carbonyl (C=O) groups excluding carboxylic acids is 2. The Hall–Kier alpha value is -1.91. The van der Waals surface area contributed by atoms with E-state index in [0.717, 1.165) is 12.0 Å². The first-order valence-corrected chi connectivity index (χ1v) is 9.57. The van der Waals surface area contributed by atoms with Crippen LogP contribution in [0.2, 0.25) is 0 Å². The molecule has 0 saturated heterocycles. The van der Waals surface area contributed by atoms with Crippen LogP contribution in [0.3, 0.4) is 0 Å². The number of hydrogen-bond acceptors (Lipinski definition) is 4. The van der Waals surface area contributed by atoms with Crippen LogP contribution in [0.25, 0.3) is 0 Å². The molecule has 0 aromatic heterocycles. The summed E-state index contributed by atoms with van der Waals surface area (Å²) >= 11 is 6.25. The number of ether oxygens (including phenoxy) is 1. The van der Waals surface area contributed by atoms with Gasteiger partial charge in [-0.3, -0.25) is 4.79 Å². The van der Waals surface area contributed by atoms with Crippen LogP contribution in [0.15, 0.2) is 58.1 Å². The lowest BCUT2D eigenvalue weighted by atomic mass is 9.70. The minimum atomic E-state index is -1.74. The molecule has 146 valence electrons. The maximum Gasteiger partial charge on any atom is 0.206 e. The second kappa shape index (κ2) is 8.41. The normalized spacial score (nSPS) is 27.1. The Morgan fingerprint density at radius 1 is 1.44 bits per heavy atom. The van der Waals surface area contributed by atoms with Crippen molar-refractivity contribution in [3.8, 4) is 0 Å². The number of Topliss-reactive ketones (excluding diaryl/α,β-unsaturated/α-hetero) is 2. The summed E-state index contributed by atoms with van der Waals surface area (Å²) in [6.07, 6.45) is 10.2. The third kappa shape index (κ3) is 4.69. The molecule has 0 aromatic rings. The molecule has 1 aliphatic carbocycles. The van der Waals surface area contributed by atoms with Crippen molar-refractivity contribution < 1.29 is 19.4 Å². The van der Waals surface area contributed by atoms with E-state index in [9.17, 15) is 14.7 Å². The minimum absolute atomic E-state index is 0.0351. The first kappa shape index (κ1) is 21.4. The molecule has 0 amide bonds. The van der Waals surface area contributed by atoms with Gasteiger partial charge in [0.2, 0.25) is 5.78 Å². The number of rotatable bonds is 6. The Balaban J connectivity index is 2.36. The maximum absolute atomic E-state index is 12.5. The minimum Gasteiger partial charge on any atom is -0.465 e. The van der Waals surface area contributed by atoms with Gasteiger partial charge < -0.3 is 14.6 Å². The SMILES string of the molecule is CC[C@H](C)C=C(C)/C=C/C1=CC2=C(Cl)C(=O)[C@](C)(O)[C@H](CC(C)=O)C2=CO1. The van der Waals surface area contributed by atoms with E-state index < -0.39 is 17.3 Å². The van der Waals surface area contributed by atoms with Gasteiger partial charge in [0, 0.05) is 23.5 Å². The van der Waals surface area contributed by atoms with Gasteiger partial charge in [-0.1, -0.05) is 49.6 Å². The highest BCUT2D eigenvalue weighted by Crippen LogP contribution is 2.44. The molecular formula is C22H27ClO4. The average molecular weight is 391 g/mol. The molecule has 0 bridgehead atoms. The van der Waals surface area contributed by atoms with Gasteiger partial charge >= 0.3 is 0 Å². The van der Waals surface area contributed by atoms with Crippen LogP contribution in [-0.2, 0) is 14.3 Å². The van der Waals surface area contributed by atoms with E-state index in [-0.39, 0.29) is 17.2 Å². The molecule has 5 heteroatoms. The van der Waals surface area contributed by atoms with Crippen LogP contribution in [0.1, 0.15) is 47.5 Å².